The van der Waals surface area contributed by atoms with Crippen LogP contribution in [0.5, 0.6) is 0 Å². The molecule has 1 aromatic heterocycles. The van der Waals surface area contributed by atoms with Gasteiger partial charge in [-0.2, -0.15) is 5.26 Å². The molecule has 5 nitrogen and oxygen atoms in total. The fraction of sp³-hybridized carbons (Fsp3) is 0.0556. The van der Waals surface area contributed by atoms with E-state index in [0.717, 1.165) is 4.47 Å². The molecular weight excluding hydrogens is 370 g/mol. The van der Waals surface area contributed by atoms with Crippen LogP contribution in [0, 0.1) is 11.3 Å². The normalized spacial score (nSPS) is 10.3. The minimum absolute atomic E-state index is 0.0647. The molecule has 1 amide bonds. The summed E-state index contributed by atoms with van der Waals surface area (Å²) >= 11 is 3.35. The molecule has 1 N–H and O–H groups in total. The summed E-state index contributed by atoms with van der Waals surface area (Å²) in [6, 6.07) is 15.5. The average Bonchev–Trinajstić information content (AvgIpc) is 2.57. The number of nitriles is 1. The Hall–Kier alpha value is -2.91. The fourth-order valence-electron chi connectivity index (χ4n) is 2.44. The van der Waals surface area contributed by atoms with Crippen molar-refractivity contribution in [3.8, 4) is 6.07 Å². The van der Waals surface area contributed by atoms with Gasteiger partial charge in [0.05, 0.1) is 17.1 Å². The van der Waals surface area contributed by atoms with Crippen LogP contribution < -0.4 is 10.7 Å². The molecule has 0 saturated heterocycles. The van der Waals surface area contributed by atoms with E-state index in [1.807, 2.05) is 12.1 Å². The lowest BCUT2D eigenvalue weighted by atomic mass is 10.2. The Morgan fingerprint density at radius 2 is 2.04 bits per heavy atom. The molecule has 0 aliphatic rings. The van der Waals surface area contributed by atoms with E-state index in [9.17, 15) is 9.59 Å². The number of aromatic nitrogens is 1. The number of halogens is 1. The van der Waals surface area contributed by atoms with E-state index >= 15 is 0 Å². The minimum atomic E-state index is -0.238. The van der Waals surface area contributed by atoms with E-state index in [-0.39, 0.29) is 17.9 Å². The Balaban J connectivity index is 1.87. The predicted molar refractivity (Wildman–Crippen MR) is 95.7 cm³/mol. The number of hydrogen-bond acceptors (Lipinski definition) is 3. The number of rotatable bonds is 3. The van der Waals surface area contributed by atoms with Crippen LogP contribution in [0.1, 0.15) is 5.56 Å². The van der Waals surface area contributed by atoms with Gasteiger partial charge >= 0.3 is 0 Å². The van der Waals surface area contributed by atoms with Crippen LogP contribution in [0.2, 0.25) is 0 Å². The van der Waals surface area contributed by atoms with E-state index in [1.165, 1.54) is 6.07 Å². The van der Waals surface area contributed by atoms with Crippen LogP contribution in [0.4, 0.5) is 5.69 Å². The molecule has 0 spiro atoms. The van der Waals surface area contributed by atoms with Gasteiger partial charge in [0.1, 0.15) is 6.54 Å². The number of benzene rings is 2. The Bertz CT molecular complexity index is 1030. The zero-order chi connectivity index (χ0) is 17.1. The third-order valence-corrected chi connectivity index (χ3v) is 4.02. The lowest BCUT2D eigenvalue weighted by Crippen LogP contribution is -2.20. The number of nitrogens with zero attached hydrogens (tertiary/aromatic N) is 2. The second kappa shape index (κ2) is 6.69. The first-order chi connectivity index (χ1) is 11.6. The van der Waals surface area contributed by atoms with Gasteiger partial charge in [0.2, 0.25) is 5.91 Å². The number of carbonyl (C=O) groups is 1. The lowest BCUT2D eigenvalue weighted by Gasteiger charge is -2.11. The van der Waals surface area contributed by atoms with Gasteiger partial charge in [-0.1, -0.05) is 22.0 Å². The number of carbonyl (C=O) groups excluding carboxylic acids is 1. The van der Waals surface area contributed by atoms with E-state index in [2.05, 4.69) is 21.2 Å². The van der Waals surface area contributed by atoms with E-state index in [4.69, 9.17) is 5.26 Å². The Kier molecular flexibility index (Phi) is 4.45. The van der Waals surface area contributed by atoms with Crippen LogP contribution >= 0.6 is 15.9 Å². The maximum absolute atomic E-state index is 12.3. The smallest absolute Gasteiger partial charge is 0.244 e. The fourth-order valence-corrected chi connectivity index (χ4v) is 2.80. The molecule has 3 aromatic rings. The van der Waals surface area contributed by atoms with Crippen LogP contribution in [-0.4, -0.2) is 10.5 Å². The summed E-state index contributed by atoms with van der Waals surface area (Å²) in [6.07, 6.45) is 1.60. The summed E-state index contributed by atoms with van der Waals surface area (Å²) < 4.78 is 2.52. The van der Waals surface area contributed by atoms with Gasteiger partial charge in [-0.15, -0.1) is 0 Å². The molecule has 6 heteroatoms. The average molecular weight is 382 g/mol. The number of fused-ring (bicyclic) bond motifs is 1. The molecule has 0 bridgehead atoms. The van der Waals surface area contributed by atoms with Crippen molar-refractivity contribution >= 4 is 38.4 Å². The topological polar surface area (TPSA) is 74.9 Å². The number of amides is 1. The van der Waals surface area contributed by atoms with Crippen molar-refractivity contribution in [2.45, 2.75) is 6.54 Å². The summed E-state index contributed by atoms with van der Waals surface area (Å²) in [5, 5.41) is 12.2. The second-order valence-electron chi connectivity index (χ2n) is 5.21. The molecule has 3 rings (SSSR count). The number of hydrogen-bond donors (Lipinski definition) is 1. The molecule has 0 fully saturated rings. The van der Waals surface area contributed by atoms with Gasteiger partial charge in [0.25, 0.3) is 0 Å². The zero-order valence-corrected chi connectivity index (χ0v) is 14.1. The number of nitrogens with one attached hydrogen (secondary N) is 1. The summed E-state index contributed by atoms with van der Waals surface area (Å²) in [6.45, 7) is 0.0647. The summed E-state index contributed by atoms with van der Waals surface area (Å²) in [5.74, 6) is -0.238. The van der Waals surface area contributed by atoms with Gasteiger partial charge in [-0.3, -0.25) is 9.59 Å². The summed E-state index contributed by atoms with van der Waals surface area (Å²) in [7, 11) is 0. The molecule has 0 unspecified atom stereocenters. The molecule has 0 saturated carbocycles. The highest BCUT2D eigenvalue weighted by atomic mass is 79.9. The van der Waals surface area contributed by atoms with E-state index < -0.39 is 0 Å². The van der Waals surface area contributed by atoms with Crippen LogP contribution in [0.15, 0.2) is 64.0 Å². The Morgan fingerprint density at radius 1 is 1.21 bits per heavy atom. The molecule has 24 heavy (non-hydrogen) atoms. The quantitative estimate of drug-likeness (QED) is 0.756. The summed E-state index contributed by atoms with van der Waals surface area (Å²) in [5.41, 5.74) is 1.63. The van der Waals surface area contributed by atoms with Gasteiger partial charge in [0, 0.05) is 27.8 Å². The molecule has 0 aliphatic heterocycles. The van der Waals surface area contributed by atoms with Crippen molar-refractivity contribution in [3.05, 3.63) is 75.0 Å². The molecule has 0 radical (unpaired) electrons. The first-order valence-electron chi connectivity index (χ1n) is 7.15. The molecule has 0 aliphatic carbocycles. The molecule has 2 aromatic carbocycles. The van der Waals surface area contributed by atoms with Crippen molar-refractivity contribution < 1.29 is 4.79 Å². The van der Waals surface area contributed by atoms with Crippen LogP contribution in [-0.2, 0) is 11.3 Å². The van der Waals surface area contributed by atoms with Crippen LogP contribution in [0.25, 0.3) is 10.9 Å². The van der Waals surface area contributed by atoms with Crippen molar-refractivity contribution in [1.82, 2.24) is 4.57 Å². The SMILES string of the molecule is N#Cc1cccc(NC(=O)Cn2ccc(=O)c3cc(Br)ccc32)c1. The molecular formula is C18H12BrN3O2. The van der Waals surface area contributed by atoms with Crippen molar-refractivity contribution in [2.75, 3.05) is 5.32 Å². The van der Waals surface area contributed by atoms with Crippen LogP contribution in [0.3, 0.4) is 0 Å². The first-order valence-corrected chi connectivity index (χ1v) is 7.95. The standard InChI is InChI=1S/C18H12BrN3O2/c19-13-4-5-16-15(9-13)17(23)6-7-22(16)11-18(24)21-14-3-1-2-12(8-14)10-20/h1-9H,11H2,(H,21,24). The zero-order valence-electron chi connectivity index (χ0n) is 12.5. The highest BCUT2D eigenvalue weighted by molar-refractivity contribution is 9.10. The van der Waals surface area contributed by atoms with E-state index in [0.29, 0.717) is 22.2 Å². The molecule has 1 heterocycles. The first kappa shape index (κ1) is 16.0. The maximum atomic E-state index is 12.3. The highest BCUT2D eigenvalue weighted by Crippen LogP contribution is 2.17. The Morgan fingerprint density at radius 3 is 2.83 bits per heavy atom. The van der Waals surface area contributed by atoms with Gasteiger partial charge in [-0.25, -0.2) is 0 Å². The number of pyridine rings is 1. The third-order valence-electron chi connectivity index (χ3n) is 3.53. The Labute approximate surface area is 146 Å². The van der Waals surface area contributed by atoms with Gasteiger partial charge in [-0.05, 0) is 36.4 Å². The second-order valence-corrected chi connectivity index (χ2v) is 6.13. The largest absolute Gasteiger partial charge is 0.338 e. The minimum Gasteiger partial charge on any atom is -0.338 e. The van der Waals surface area contributed by atoms with Crippen molar-refractivity contribution in [2.24, 2.45) is 0 Å². The monoisotopic (exact) mass is 381 g/mol. The van der Waals surface area contributed by atoms with E-state index in [1.54, 1.807) is 47.2 Å². The molecule has 0 atom stereocenters. The summed E-state index contributed by atoms with van der Waals surface area (Å²) in [4.78, 5) is 24.2. The van der Waals surface area contributed by atoms with Crippen molar-refractivity contribution in [1.29, 1.82) is 5.26 Å². The van der Waals surface area contributed by atoms with Gasteiger partial charge in [0.15, 0.2) is 5.43 Å². The lowest BCUT2D eigenvalue weighted by molar-refractivity contribution is -0.116. The highest BCUT2D eigenvalue weighted by Gasteiger charge is 2.08. The maximum Gasteiger partial charge on any atom is 0.244 e. The molecule has 118 valence electrons. The predicted octanol–water partition coefficient (Wildman–Crippen LogP) is 3.27. The third kappa shape index (κ3) is 3.36. The van der Waals surface area contributed by atoms with Crippen molar-refractivity contribution in [3.63, 3.8) is 0 Å². The van der Waals surface area contributed by atoms with Gasteiger partial charge < -0.3 is 9.88 Å². The number of anilines is 1.